The largest absolute Gasteiger partial charge is 0.390 e. The molecule has 2 rings (SSSR count). The summed E-state index contributed by atoms with van der Waals surface area (Å²) in [5.74, 6) is 2.61. The van der Waals surface area contributed by atoms with E-state index in [1.807, 2.05) is 0 Å². The Morgan fingerprint density at radius 2 is 2.13 bits per heavy atom. The van der Waals surface area contributed by atoms with Crippen molar-refractivity contribution in [1.82, 2.24) is 4.90 Å². The van der Waals surface area contributed by atoms with Gasteiger partial charge >= 0.3 is 0 Å². The second-order valence-electron chi connectivity index (χ2n) is 5.18. The van der Waals surface area contributed by atoms with Crippen LogP contribution in [-0.2, 0) is 0 Å². The van der Waals surface area contributed by atoms with Crippen molar-refractivity contribution in [3.63, 3.8) is 0 Å². The van der Waals surface area contributed by atoms with E-state index in [2.05, 4.69) is 23.7 Å². The summed E-state index contributed by atoms with van der Waals surface area (Å²) in [4.78, 5) is 2.45. The van der Waals surface area contributed by atoms with Gasteiger partial charge in [0.1, 0.15) is 0 Å². The average molecular weight is 229 g/mol. The molecule has 2 nitrogen and oxygen atoms in total. The molecule has 88 valence electrons. The van der Waals surface area contributed by atoms with Gasteiger partial charge in [-0.3, -0.25) is 0 Å². The molecule has 1 unspecified atom stereocenters. The van der Waals surface area contributed by atoms with Crippen LogP contribution in [0.25, 0.3) is 0 Å². The van der Waals surface area contributed by atoms with Gasteiger partial charge in [-0.15, -0.1) is 0 Å². The SMILES string of the molecule is CN(CCC1(O)CCCC1)C1CCSC1. The van der Waals surface area contributed by atoms with Gasteiger partial charge in [0.25, 0.3) is 0 Å². The molecule has 0 aromatic carbocycles. The Labute approximate surface area is 97.4 Å². The molecule has 0 aromatic heterocycles. The molecule has 0 radical (unpaired) electrons. The molecule has 3 heteroatoms. The predicted octanol–water partition coefficient (Wildman–Crippen LogP) is 2.12. The fourth-order valence-electron chi connectivity index (χ4n) is 2.72. The normalized spacial score (nSPS) is 30.2. The third-order valence-corrected chi connectivity index (χ3v) is 5.14. The standard InChI is InChI=1S/C12H23NOS/c1-13(11-4-9-15-10-11)8-7-12(14)5-2-3-6-12/h11,14H,2-10H2,1H3. The molecule has 2 fully saturated rings. The molecule has 1 aliphatic heterocycles. The lowest BCUT2D eigenvalue weighted by atomic mass is 9.97. The summed E-state index contributed by atoms with van der Waals surface area (Å²) in [7, 11) is 2.22. The lowest BCUT2D eigenvalue weighted by Crippen LogP contribution is -2.37. The highest BCUT2D eigenvalue weighted by atomic mass is 32.2. The van der Waals surface area contributed by atoms with Crippen LogP contribution in [-0.4, -0.2) is 46.7 Å². The number of thioether (sulfide) groups is 1. The van der Waals surface area contributed by atoms with Crippen molar-refractivity contribution in [3.8, 4) is 0 Å². The maximum atomic E-state index is 10.3. The van der Waals surface area contributed by atoms with Crippen molar-refractivity contribution >= 4 is 11.8 Å². The van der Waals surface area contributed by atoms with Crippen LogP contribution in [0.5, 0.6) is 0 Å². The maximum absolute atomic E-state index is 10.3. The van der Waals surface area contributed by atoms with E-state index in [1.54, 1.807) is 0 Å². The summed E-state index contributed by atoms with van der Waals surface area (Å²) < 4.78 is 0. The second-order valence-corrected chi connectivity index (χ2v) is 6.33. The second kappa shape index (κ2) is 5.07. The van der Waals surface area contributed by atoms with Gasteiger partial charge in [0, 0.05) is 18.3 Å². The van der Waals surface area contributed by atoms with Crippen molar-refractivity contribution < 1.29 is 5.11 Å². The monoisotopic (exact) mass is 229 g/mol. The van der Waals surface area contributed by atoms with E-state index in [0.29, 0.717) is 0 Å². The number of hydrogen-bond donors (Lipinski definition) is 1. The summed E-state index contributed by atoms with van der Waals surface area (Å²) in [5, 5.41) is 10.3. The van der Waals surface area contributed by atoms with Crippen molar-refractivity contribution in [2.24, 2.45) is 0 Å². The van der Waals surface area contributed by atoms with E-state index in [9.17, 15) is 5.11 Å². The first-order valence-electron chi connectivity index (χ1n) is 6.20. The van der Waals surface area contributed by atoms with Crippen LogP contribution in [0.4, 0.5) is 0 Å². The summed E-state index contributed by atoms with van der Waals surface area (Å²) in [5.41, 5.74) is -0.319. The van der Waals surface area contributed by atoms with Gasteiger partial charge in [-0.1, -0.05) is 12.8 Å². The van der Waals surface area contributed by atoms with Gasteiger partial charge in [0.2, 0.25) is 0 Å². The van der Waals surface area contributed by atoms with Crippen LogP contribution in [0.3, 0.4) is 0 Å². The molecular weight excluding hydrogens is 206 g/mol. The quantitative estimate of drug-likeness (QED) is 0.799. The molecule has 0 amide bonds. The van der Waals surface area contributed by atoms with Crippen molar-refractivity contribution in [2.75, 3.05) is 25.1 Å². The minimum absolute atomic E-state index is 0.319. The lowest BCUT2D eigenvalue weighted by Gasteiger charge is -2.28. The number of hydrogen-bond acceptors (Lipinski definition) is 3. The molecule has 1 saturated heterocycles. The maximum Gasteiger partial charge on any atom is 0.0660 e. The molecule has 1 saturated carbocycles. The van der Waals surface area contributed by atoms with Gasteiger partial charge in [-0.2, -0.15) is 11.8 Å². The Morgan fingerprint density at radius 3 is 2.73 bits per heavy atom. The first kappa shape index (κ1) is 11.7. The van der Waals surface area contributed by atoms with Gasteiger partial charge in [0.05, 0.1) is 5.60 Å². The van der Waals surface area contributed by atoms with Gasteiger partial charge < -0.3 is 10.0 Å². The highest BCUT2D eigenvalue weighted by Gasteiger charge is 2.31. The minimum atomic E-state index is -0.319. The van der Waals surface area contributed by atoms with Crippen LogP contribution >= 0.6 is 11.8 Å². The lowest BCUT2D eigenvalue weighted by molar-refractivity contribution is 0.0275. The Kier molecular flexibility index (Phi) is 3.97. The third kappa shape index (κ3) is 3.11. The molecule has 1 heterocycles. The molecule has 2 aliphatic rings. The van der Waals surface area contributed by atoms with Crippen molar-refractivity contribution in [1.29, 1.82) is 0 Å². The molecular formula is C12H23NOS. The van der Waals surface area contributed by atoms with Crippen LogP contribution in [0.1, 0.15) is 38.5 Å². The molecule has 15 heavy (non-hydrogen) atoms. The highest BCUT2D eigenvalue weighted by Crippen LogP contribution is 2.32. The van der Waals surface area contributed by atoms with Crippen molar-refractivity contribution in [2.45, 2.75) is 50.2 Å². The Balaban J connectivity index is 1.72. The number of aliphatic hydroxyl groups is 1. The first-order valence-corrected chi connectivity index (χ1v) is 7.35. The zero-order valence-electron chi connectivity index (χ0n) is 9.74. The van der Waals surface area contributed by atoms with E-state index in [1.165, 1.54) is 30.8 Å². The van der Waals surface area contributed by atoms with E-state index in [-0.39, 0.29) is 5.60 Å². The topological polar surface area (TPSA) is 23.5 Å². The predicted molar refractivity (Wildman–Crippen MR) is 66.4 cm³/mol. The van der Waals surface area contributed by atoms with E-state index in [0.717, 1.165) is 31.8 Å². The Bertz CT molecular complexity index is 198. The Morgan fingerprint density at radius 1 is 1.40 bits per heavy atom. The average Bonchev–Trinajstić information content (AvgIpc) is 2.85. The van der Waals surface area contributed by atoms with Gasteiger partial charge in [-0.25, -0.2) is 0 Å². The summed E-state index contributed by atoms with van der Waals surface area (Å²) >= 11 is 2.06. The van der Waals surface area contributed by atoms with Gasteiger partial charge in [0.15, 0.2) is 0 Å². The number of nitrogens with zero attached hydrogens (tertiary/aromatic N) is 1. The van der Waals surface area contributed by atoms with Crippen LogP contribution in [0, 0.1) is 0 Å². The van der Waals surface area contributed by atoms with Gasteiger partial charge in [-0.05, 0) is 38.5 Å². The van der Waals surface area contributed by atoms with Crippen LogP contribution in [0.15, 0.2) is 0 Å². The fraction of sp³-hybridized carbons (Fsp3) is 1.00. The fourth-order valence-corrected chi connectivity index (χ4v) is 4.02. The first-order chi connectivity index (χ1) is 7.20. The molecule has 1 aliphatic carbocycles. The van der Waals surface area contributed by atoms with E-state index >= 15 is 0 Å². The summed E-state index contributed by atoms with van der Waals surface area (Å²) in [6, 6.07) is 0.764. The van der Waals surface area contributed by atoms with Crippen molar-refractivity contribution in [3.05, 3.63) is 0 Å². The number of rotatable bonds is 4. The minimum Gasteiger partial charge on any atom is -0.390 e. The Hall–Kier alpha value is 0.270. The molecule has 1 N–H and O–H groups in total. The highest BCUT2D eigenvalue weighted by molar-refractivity contribution is 7.99. The zero-order valence-corrected chi connectivity index (χ0v) is 10.6. The molecule has 0 spiro atoms. The van der Waals surface area contributed by atoms with Crippen LogP contribution in [0.2, 0.25) is 0 Å². The van der Waals surface area contributed by atoms with E-state index < -0.39 is 0 Å². The molecule has 1 atom stereocenters. The summed E-state index contributed by atoms with van der Waals surface area (Å²) in [6.45, 7) is 1.07. The zero-order chi connectivity index (χ0) is 10.7. The summed E-state index contributed by atoms with van der Waals surface area (Å²) in [6.07, 6.45) is 6.81. The molecule has 0 aromatic rings. The smallest absolute Gasteiger partial charge is 0.0660 e. The third-order valence-electron chi connectivity index (χ3n) is 3.99. The van der Waals surface area contributed by atoms with E-state index in [4.69, 9.17) is 0 Å². The molecule has 0 bridgehead atoms. The van der Waals surface area contributed by atoms with Crippen LogP contribution < -0.4 is 0 Å².